The standard InChI is InChI=1S/C18H15N3/c1-21(17-7-4-5-14(11-17)12-19)13-16-10-9-15-6-2-3-8-18(15)20-16/h2-11H,13H2,1H3. The van der Waals surface area contributed by atoms with Crippen LogP contribution in [0.3, 0.4) is 0 Å². The molecule has 0 aliphatic carbocycles. The molecule has 3 heteroatoms. The Hall–Kier alpha value is -2.86. The highest BCUT2D eigenvalue weighted by atomic mass is 15.1. The number of fused-ring (bicyclic) bond motifs is 1. The van der Waals surface area contributed by atoms with Crippen LogP contribution < -0.4 is 4.90 Å². The number of rotatable bonds is 3. The van der Waals surface area contributed by atoms with Crippen molar-refractivity contribution in [2.75, 3.05) is 11.9 Å². The maximum Gasteiger partial charge on any atom is 0.0992 e. The highest BCUT2D eigenvalue weighted by Gasteiger charge is 2.05. The summed E-state index contributed by atoms with van der Waals surface area (Å²) in [5, 5.41) is 10.1. The fourth-order valence-electron chi connectivity index (χ4n) is 2.34. The van der Waals surface area contributed by atoms with E-state index in [9.17, 15) is 0 Å². The highest BCUT2D eigenvalue weighted by Crippen LogP contribution is 2.18. The molecule has 0 N–H and O–H groups in total. The molecule has 21 heavy (non-hydrogen) atoms. The molecule has 0 radical (unpaired) electrons. The van der Waals surface area contributed by atoms with E-state index in [2.05, 4.69) is 28.1 Å². The number of nitriles is 1. The van der Waals surface area contributed by atoms with Crippen molar-refractivity contribution in [1.29, 1.82) is 5.26 Å². The first-order chi connectivity index (χ1) is 10.3. The Morgan fingerprint density at radius 2 is 1.90 bits per heavy atom. The Labute approximate surface area is 124 Å². The van der Waals surface area contributed by atoms with Crippen molar-refractivity contribution in [3.05, 3.63) is 71.9 Å². The van der Waals surface area contributed by atoms with E-state index in [1.165, 1.54) is 0 Å². The molecule has 0 fully saturated rings. The van der Waals surface area contributed by atoms with Crippen LogP contribution in [0.5, 0.6) is 0 Å². The molecule has 0 aliphatic heterocycles. The topological polar surface area (TPSA) is 39.9 Å². The van der Waals surface area contributed by atoms with Gasteiger partial charge in [-0.15, -0.1) is 0 Å². The van der Waals surface area contributed by atoms with Crippen LogP contribution in [0.2, 0.25) is 0 Å². The molecule has 1 heterocycles. The summed E-state index contributed by atoms with van der Waals surface area (Å²) in [6, 6.07) is 22.0. The fraction of sp³-hybridized carbons (Fsp3) is 0.111. The summed E-state index contributed by atoms with van der Waals surface area (Å²) in [5.74, 6) is 0. The Bertz CT molecular complexity index is 818. The monoisotopic (exact) mass is 273 g/mol. The Morgan fingerprint density at radius 1 is 1.05 bits per heavy atom. The molecule has 0 amide bonds. The molecule has 0 unspecified atom stereocenters. The second-order valence-electron chi connectivity index (χ2n) is 5.01. The van der Waals surface area contributed by atoms with Crippen molar-refractivity contribution in [2.24, 2.45) is 0 Å². The summed E-state index contributed by atoms with van der Waals surface area (Å²) < 4.78 is 0. The van der Waals surface area contributed by atoms with E-state index in [4.69, 9.17) is 5.26 Å². The van der Waals surface area contributed by atoms with Gasteiger partial charge in [0.1, 0.15) is 0 Å². The molecule has 3 nitrogen and oxygen atoms in total. The van der Waals surface area contributed by atoms with Crippen LogP contribution in [0.25, 0.3) is 10.9 Å². The summed E-state index contributed by atoms with van der Waals surface area (Å²) >= 11 is 0. The van der Waals surface area contributed by atoms with Crippen molar-refractivity contribution in [3.8, 4) is 6.07 Å². The normalized spacial score (nSPS) is 10.3. The fourth-order valence-corrected chi connectivity index (χ4v) is 2.34. The molecule has 2 aromatic carbocycles. The van der Waals surface area contributed by atoms with Crippen LogP contribution in [0, 0.1) is 11.3 Å². The lowest BCUT2D eigenvalue weighted by Crippen LogP contribution is -2.17. The van der Waals surface area contributed by atoms with Gasteiger partial charge in [0.15, 0.2) is 0 Å². The van der Waals surface area contributed by atoms with E-state index >= 15 is 0 Å². The minimum Gasteiger partial charge on any atom is -0.369 e. The van der Waals surface area contributed by atoms with Gasteiger partial charge in [0.05, 0.1) is 29.4 Å². The number of aromatic nitrogens is 1. The van der Waals surface area contributed by atoms with Crippen molar-refractivity contribution in [1.82, 2.24) is 4.98 Å². The van der Waals surface area contributed by atoms with Gasteiger partial charge in [-0.2, -0.15) is 5.26 Å². The van der Waals surface area contributed by atoms with Crippen LogP contribution in [0.4, 0.5) is 5.69 Å². The van der Waals surface area contributed by atoms with Crippen LogP contribution >= 0.6 is 0 Å². The number of para-hydroxylation sites is 1. The molecule has 0 aliphatic rings. The van der Waals surface area contributed by atoms with Crippen molar-refractivity contribution < 1.29 is 0 Å². The van der Waals surface area contributed by atoms with Gasteiger partial charge in [0.25, 0.3) is 0 Å². The van der Waals surface area contributed by atoms with E-state index in [1.54, 1.807) is 0 Å². The van der Waals surface area contributed by atoms with Crippen molar-refractivity contribution >= 4 is 16.6 Å². The summed E-state index contributed by atoms with van der Waals surface area (Å²) in [6.07, 6.45) is 0. The van der Waals surface area contributed by atoms with Gasteiger partial charge in [-0.05, 0) is 30.3 Å². The number of anilines is 1. The molecular formula is C18H15N3. The third kappa shape index (κ3) is 2.85. The van der Waals surface area contributed by atoms with Gasteiger partial charge in [-0.25, -0.2) is 0 Å². The SMILES string of the molecule is CN(Cc1ccc2ccccc2n1)c1cccc(C#N)c1. The predicted molar refractivity (Wildman–Crippen MR) is 85.0 cm³/mol. The third-order valence-corrected chi connectivity index (χ3v) is 3.47. The van der Waals surface area contributed by atoms with Crippen LogP contribution in [-0.4, -0.2) is 12.0 Å². The maximum atomic E-state index is 8.97. The first-order valence-electron chi connectivity index (χ1n) is 6.82. The van der Waals surface area contributed by atoms with Crippen LogP contribution in [0.1, 0.15) is 11.3 Å². The number of hydrogen-bond donors (Lipinski definition) is 0. The Morgan fingerprint density at radius 3 is 2.76 bits per heavy atom. The van der Waals surface area contributed by atoms with Gasteiger partial charge < -0.3 is 4.90 Å². The number of nitrogens with zero attached hydrogens (tertiary/aromatic N) is 3. The van der Waals surface area contributed by atoms with E-state index in [0.29, 0.717) is 12.1 Å². The van der Waals surface area contributed by atoms with E-state index < -0.39 is 0 Å². The molecule has 102 valence electrons. The molecule has 3 rings (SSSR count). The van der Waals surface area contributed by atoms with E-state index in [-0.39, 0.29) is 0 Å². The predicted octanol–water partition coefficient (Wildman–Crippen LogP) is 3.74. The number of benzene rings is 2. The summed E-state index contributed by atoms with van der Waals surface area (Å²) in [7, 11) is 2.01. The molecule has 3 aromatic rings. The van der Waals surface area contributed by atoms with Crippen molar-refractivity contribution in [3.63, 3.8) is 0 Å². The zero-order valence-electron chi connectivity index (χ0n) is 11.8. The van der Waals surface area contributed by atoms with Crippen molar-refractivity contribution in [2.45, 2.75) is 6.54 Å². The second-order valence-corrected chi connectivity index (χ2v) is 5.01. The minimum absolute atomic E-state index is 0.672. The molecule has 0 saturated carbocycles. The maximum absolute atomic E-state index is 8.97. The summed E-state index contributed by atoms with van der Waals surface area (Å²) in [6.45, 7) is 0.708. The summed E-state index contributed by atoms with van der Waals surface area (Å²) in [5.41, 5.74) is 3.71. The quantitative estimate of drug-likeness (QED) is 0.729. The molecular weight excluding hydrogens is 258 g/mol. The third-order valence-electron chi connectivity index (χ3n) is 3.47. The van der Waals surface area contributed by atoms with Gasteiger partial charge in [-0.3, -0.25) is 4.98 Å². The van der Waals surface area contributed by atoms with Gasteiger partial charge in [0, 0.05) is 18.1 Å². The smallest absolute Gasteiger partial charge is 0.0992 e. The highest BCUT2D eigenvalue weighted by molar-refractivity contribution is 5.78. The average molecular weight is 273 g/mol. The molecule has 0 spiro atoms. The van der Waals surface area contributed by atoms with Crippen LogP contribution in [-0.2, 0) is 6.54 Å². The molecule has 0 bridgehead atoms. The first kappa shape index (κ1) is 13.1. The average Bonchev–Trinajstić information content (AvgIpc) is 2.54. The lowest BCUT2D eigenvalue weighted by atomic mass is 10.2. The summed E-state index contributed by atoms with van der Waals surface area (Å²) in [4.78, 5) is 6.77. The number of pyridine rings is 1. The lowest BCUT2D eigenvalue weighted by Gasteiger charge is -2.19. The zero-order chi connectivity index (χ0) is 14.7. The second kappa shape index (κ2) is 5.64. The molecule has 0 saturated heterocycles. The Kier molecular flexibility index (Phi) is 3.53. The first-order valence-corrected chi connectivity index (χ1v) is 6.82. The number of hydrogen-bond acceptors (Lipinski definition) is 3. The Balaban J connectivity index is 1.85. The lowest BCUT2D eigenvalue weighted by molar-refractivity contribution is 0.892. The zero-order valence-corrected chi connectivity index (χ0v) is 11.8. The van der Waals surface area contributed by atoms with Gasteiger partial charge in [-0.1, -0.05) is 30.3 Å². The molecule has 0 atom stereocenters. The van der Waals surface area contributed by atoms with E-state index in [0.717, 1.165) is 22.3 Å². The van der Waals surface area contributed by atoms with Gasteiger partial charge in [0.2, 0.25) is 0 Å². The minimum atomic E-state index is 0.672. The molecule has 1 aromatic heterocycles. The van der Waals surface area contributed by atoms with Crippen LogP contribution in [0.15, 0.2) is 60.7 Å². The van der Waals surface area contributed by atoms with E-state index in [1.807, 2.05) is 55.6 Å². The van der Waals surface area contributed by atoms with Gasteiger partial charge >= 0.3 is 0 Å². The largest absolute Gasteiger partial charge is 0.369 e.